The molecule has 0 spiro atoms. The summed E-state index contributed by atoms with van der Waals surface area (Å²) in [4.78, 5) is 12.2. The molecule has 2 aromatic rings. The van der Waals surface area contributed by atoms with Crippen molar-refractivity contribution in [2.24, 2.45) is 0 Å². The third-order valence-electron chi connectivity index (χ3n) is 4.03. The third kappa shape index (κ3) is 6.28. The molecule has 0 bridgehead atoms. The molecule has 0 saturated carbocycles. The highest BCUT2D eigenvalue weighted by molar-refractivity contribution is 7.89. The van der Waals surface area contributed by atoms with Gasteiger partial charge in [0.2, 0.25) is 15.9 Å². The maximum atomic E-state index is 12.2. The SMILES string of the molecule is CCCCc1ccc(NC(=O)CCNS(=O)(=O)c2ccc(C)cc2)cc1. The van der Waals surface area contributed by atoms with Gasteiger partial charge in [-0.2, -0.15) is 0 Å². The Morgan fingerprint density at radius 1 is 1.00 bits per heavy atom. The molecule has 0 heterocycles. The van der Waals surface area contributed by atoms with Gasteiger partial charge in [0.1, 0.15) is 0 Å². The fraction of sp³-hybridized carbons (Fsp3) is 0.350. The predicted molar refractivity (Wildman–Crippen MR) is 105 cm³/mol. The number of amides is 1. The second kappa shape index (κ2) is 9.50. The fourth-order valence-electron chi connectivity index (χ4n) is 2.46. The predicted octanol–water partition coefficient (Wildman–Crippen LogP) is 3.64. The quantitative estimate of drug-likeness (QED) is 0.703. The number of benzene rings is 2. The lowest BCUT2D eigenvalue weighted by Crippen LogP contribution is -2.27. The maximum Gasteiger partial charge on any atom is 0.240 e. The van der Waals surface area contributed by atoms with Crippen molar-refractivity contribution in [3.8, 4) is 0 Å². The number of aryl methyl sites for hydroxylation is 2. The van der Waals surface area contributed by atoms with Crippen LogP contribution in [0.2, 0.25) is 0 Å². The largest absolute Gasteiger partial charge is 0.326 e. The molecule has 140 valence electrons. The molecule has 0 fully saturated rings. The molecule has 0 atom stereocenters. The normalized spacial score (nSPS) is 11.3. The number of anilines is 1. The summed E-state index contributed by atoms with van der Waals surface area (Å²) in [5.74, 6) is -0.224. The van der Waals surface area contributed by atoms with Crippen LogP contribution in [-0.4, -0.2) is 20.9 Å². The first kappa shape index (κ1) is 20.1. The molecule has 0 aromatic heterocycles. The first-order chi connectivity index (χ1) is 12.4. The molecule has 2 rings (SSSR count). The fourth-order valence-corrected chi connectivity index (χ4v) is 3.49. The number of sulfonamides is 1. The zero-order valence-corrected chi connectivity index (χ0v) is 16.1. The highest BCUT2D eigenvalue weighted by Crippen LogP contribution is 2.12. The summed E-state index contributed by atoms with van der Waals surface area (Å²) in [6.45, 7) is 4.10. The van der Waals surface area contributed by atoms with E-state index in [-0.39, 0.29) is 23.8 Å². The first-order valence-corrected chi connectivity index (χ1v) is 10.3. The standard InChI is InChI=1S/C20H26N2O3S/c1-3-4-5-17-8-10-18(11-9-17)22-20(23)14-15-21-26(24,25)19-12-6-16(2)7-13-19/h6-13,21H,3-5,14-15H2,1-2H3,(H,22,23). The van der Waals surface area contributed by atoms with Crippen LogP contribution in [0.25, 0.3) is 0 Å². The molecule has 0 unspecified atom stereocenters. The second-order valence-electron chi connectivity index (χ2n) is 6.31. The van der Waals surface area contributed by atoms with Crippen LogP contribution in [0.1, 0.15) is 37.3 Å². The van der Waals surface area contributed by atoms with Gasteiger partial charge in [0.05, 0.1) is 4.90 Å². The lowest BCUT2D eigenvalue weighted by atomic mass is 10.1. The maximum absolute atomic E-state index is 12.2. The lowest BCUT2D eigenvalue weighted by molar-refractivity contribution is -0.116. The van der Waals surface area contributed by atoms with Gasteiger partial charge in [-0.25, -0.2) is 13.1 Å². The molecular weight excluding hydrogens is 348 g/mol. The summed E-state index contributed by atoms with van der Waals surface area (Å²) >= 11 is 0. The van der Waals surface area contributed by atoms with Gasteiger partial charge in [-0.05, 0) is 49.6 Å². The monoisotopic (exact) mass is 374 g/mol. The first-order valence-electron chi connectivity index (χ1n) is 8.86. The van der Waals surface area contributed by atoms with Gasteiger partial charge < -0.3 is 5.32 Å². The Hall–Kier alpha value is -2.18. The number of carbonyl (C=O) groups is 1. The van der Waals surface area contributed by atoms with Crippen molar-refractivity contribution in [3.05, 3.63) is 59.7 Å². The molecule has 1 amide bonds. The van der Waals surface area contributed by atoms with E-state index >= 15 is 0 Å². The van der Waals surface area contributed by atoms with Crippen LogP contribution in [0, 0.1) is 6.92 Å². The van der Waals surface area contributed by atoms with Crippen molar-refractivity contribution >= 4 is 21.6 Å². The molecule has 0 aliphatic rings. The van der Waals surface area contributed by atoms with E-state index in [1.165, 1.54) is 5.56 Å². The van der Waals surface area contributed by atoms with Crippen molar-refractivity contribution in [1.29, 1.82) is 0 Å². The topological polar surface area (TPSA) is 75.3 Å². The van der Waals surface area contributed by atoms with Gasteiger partial charge in [-0.3, -0.25) is 4.79 Å². The van der Waals surface area contributed by atoms with Crippen LogP contribution in [0.3, 0.4) is 0 Å². The molecule has 5 nitrogen and oxygen atoms in total. The van der Waals surface area contributed by atoms with Gasteiger partial charge in [0.15, 0.2) is 0 Å². The van der Waals surface area contributed by atoms with Crippen molar-refractivity contribution in [1.82, 2.24) is 4.72 Å². The molecule has 2 aromatic carbocycles. The van der Waals surface area contributed by atoms with E-state index in [4.69, 9.17) is 0 Å². The van der Waals surface area contributed by atoms with Crippen molar-refractivity contribution in [2.45, 2.75) is 44.4 Å². The number of rotatable bonds is 9. The zero-order chi connectivity index (χ0) is 19.0. The molecule has 6 heteroatoms. The minimum absolute atomic E-state index is 0.0522. The summed E-state index contributed by atoms with van der Waals surface area (Å²) in [7, 11) is -3.59. The Balaban J connectivity index is 1.80. The Labute approximate surface area is 155 Å². The van der Waals surface area contributed by atoms with Crippen LogP contribution >= 0.6 is 0 Å². The minimum atomic E-state index is -3.59. The number of hydrogen-bond acceptors (Lipinski definition) is 3. The number of hydrogen-bond donors (Lipinski definition) is 2. The Morgan fingerprint density at radius 3 is 2.27 bits per heavy atom. The molecule has 2 N–H and O–H groups in total. The molecular formula is C20H26N2O3S. The van der Waals surface area contributed by atoms with E-state index in [0.717, 1.165) is 30.5 Å². The Kier molecular flexibility index (Phi) is 7.36. The highest BCUT2D eigenvalue weighted by atomic mass is 32.2. The molecule has 26 heavy (non-hydrogen) atoms. The van der Waals surface area contributed by atoms with E-state index in [0.29, 0.717) is 0 Å². The summed E-state index contributed by atoms with van der Waals surface area (Å²) in [5, 5.41) is 2.78. The van der Waals surface area contributed by atoms with Crippen LogP contribution in [0.15, 0.2) is 53.4 Å². The van der Waals surface area contributed by atoms with Gasteiger partial charge in [-0.15, -0.1) is 0 Å². The van der Waals surface area contributed by atoms with Crippen molar-refractivity contribution in [3.63, 3.8) is 0 Å². The summed E-state index contributed by atoms with van der Waals surface area (Å²) in [5.41, 5.74) is 2.95. The summed E-state index contributed by atoms with van der Waals surface area (Å²) < 4.78 is 26.8. The number of unbranched alkanes of at least 4 members (excludes halogenated alkanes) is 1. The molecule has 0 aliphatic heterocycles. The van der Waals surface area contributed by atoms with E-state index in [1.807, 2.05) is 31.2 Å². The summed E-state index contributed by atoms with van der Waals surface area (Å²) in [6.07, 6.45) is 3.40. The van der Waals surface area contributed by atoms with E-state index in [9.17, 15) is 13.2 Å². The second-order valence-corrected chi connectivity index (χ2v) is 8.08. The van der Waals surface area contributed by atoms with E-state index in [2.05, 4.69) is 17.0 Å². The Bertz CT molecular complexity index is 813. The van der Waals surface area contributed by atoms with Crippen molar-refractivity contribution < 1.29 is 13.2 Å². The third-order valence-corrected chi connectivity index (χ3v) is 5.51. The molecule has 0 aliphatic carbocycles. The molecule has 0 radical (unpaired) electrons. The van der Waals surface area contributed by atoms with Gasteiger partial charge in [0.25, 0.3) is 0 Å². The molecule has 0 saturated heterocycles. The van der Waals surface area contributed by atoms with Crippen molar-refractivity contribution in [2.75, 3.05) is 11.9 Å². The zero-order valence-electron chi connectivity index (χ0n) is 15.3. The van der Waals surface area contributed by atoms with E-state index in [1.54, 1.807) is 24.3 Å². The number of carbonyl (C=O) groups excluding carboxylic acids is 1. The minimum Gasteiger partial charge on any atom is -0.326 e. The van der Waals surface area contributed by atoms with Crippen LogP contribution in [-0.2, 0) is 21.2 Å². The van der Waals surface area contributed by atoms with Gasteiger partial charge in [0, 0.05) is 18.7 Å². The Morgan fingerprint density at radius 2 is 1.65 bits per heavy atom. The van der Waals surface area contributed by atoms with E-state index < -0.39 is 10.0 Å². The number of nitrogens with one attached hydrogen (secondary N) is 2. The van der Waals surface area contributed by atoms with Gasteiger partial charge >= 0.3 is 0 Å². The average molecular weight is 375 g/mol. The van der Waals surface area contributed by atoms with Crippen LogP contribution in [0.5, 0.6) is 0 Å². The van der Waals surface area contributed by atoms with Crippen LogP contribution in [0.4, 0.5) is 5.69 Å². The smallest absolute Gasteiger partial charge is 0.240 e. The highest BCUT2D eigenvalue weighted by Gasteiger charge is 2.13. The summed E-state index contributed by atoms with van der Waals surface area (Å²) in [6, 6.07) is 14.3. The van der Waals surface area contributed by atoms with Gasteiger partial charge in [-0.1, -0.05) is 43.2 Å². The lowest BCUT2D eigenvalue weighted by Gasteiger charge is -2.08. The average Bonchev–Trinajstić information content (AvgIpc) is 2.61. The van der Waals surface area contributed by atoms with Crippen LogP contribution < -0.4 is 10.0 Å².